The first-order chi connectivity index (χ1) is 11.3. The summed E-state index contributed by atoms with van der Waals surface area (Å²) in [4.78, 5) is 16.0. The van der Waals surface area contributed by atoms with E-state index in [0.29, 0.717) is 0 Å². The SMILES string of the molecule is Cc1ccc(S(=O)(=O)NCC(=O)O/N=C(/N)c2nonc2N)cc1. The Hall–Kier alpha value is -2.99. The molecule has 0 fully saturated rings. The molecule has 0 radical (unpaired) electrons. The van der Waals surface area contributed by atoms with Gasteiger partial charge in [-0.15, -0.1) is 0 Å². The molecule has 5 N–H and O–H groups in total. The number of nitrogen functional groups attached to an aromatic ring is 1. The number of anilines is 1. The second kappa shape index (κ2) is 7.06. The summed E-state index contributed by atoms with van der Waals surface area (Å²) in [5.74, 6) is -1.46. The Balaban J connectivity index is 1.93. The van der Waals surface area contributed by atoms with Gasteiger partial charge in [0.15, 0.2) is 17.3 Å². The Kier molecular flexibility index (Phi) is 5.11. The average Bonchev–Trinajstić information content (AvgIpc) is 2.97. The third-order valence-electron chi connectivity index (χ3n) is 2.74. The van der Waals surface area contributed by atoms with Crippen LogP contribution in [-0.4, -0.2) is 37.1 Å². The lowest BCUT2D eigenvalue weighted by molar-refractivity contribution is -0.142. The minimum atomic E-state index is -3.85. The van der Waals surface area contributed by atoms with E-state index < -0.39 is 22.5 Å². The van der Waals surface area contributed by atoms with Gasteiger partial charge in [-0.05, 0) is 29.4 Å². The quantitative estimate of drug-likeness (QED) is 0.257. The summed E-state index contributed by atoms with van der Waals surface area (Å²) >= 11 is 0. The predicted octanol–water partition coefficient (Wildman–Crippen LogP) is -0.898. The summed E-state index contributed by atoms with van der Waals surface area (Å²) < 4.78 is 30.4. The summed E-state index contributed by atoms with van der Waals surface area (Å²) in [5.41, 5.74) is 11.7. The van der Waals surface area contributed by atoms with E-state index in [4.69, 9.17) is 11.5 Å². The molecule has 0 saturated carbocycles. The molecule has 1 heterocycles. The number of amidine groups is 1. The largest absolute Gasteiger partial charge is 0.379 e. The number of aryl methyl sites for hydroxylation is 1. The zero-order valence-corrected chi connectivity index (χ0v) is 13.3. The zero-order chi connectivity index (χ0) is 17.7. The van der Waals surface area contributed by atoms with Crippen LogP contribution in [0, 0.1) is 6.92 Å². The Bertz CT molecular complexity index is 858. The number of aromatic nitrogens is 2. The smallest absolute Gasteiger partial charge is 0.349 e. The topological polar surface area (TPSA) is 176 Å². The molecule has 0 unspecified atom stereocenters. The number of carbonyl (C=O) groups excluding carboxylic acids is 1. The van der Waals surface area contributed by atoms with Gasteiger partial charge in [0.25, 0.3) is 0 Å². The first kappa shape index (κ1) is 17.4. The molecule has 0 saturated heterocycles. The van der Waals surface area contributed by atoms with E-state index in [0.717, 1.165) is 5.56 Å². The van der Waals surface area contributed by atoms with E-state index >= 15 is 0 Å². The van der Waals surface area contributed by atoms with Crippen LogP contribution in [-0.2, 0) is 19.7 Å². The Morgan fingerprint density at radius 1 is 1.33 bits per heavy atom. The fourth-order valence-corrected chi connectivity index (χ4v) is 2.47. The van der Waals surface area contributed by atoms with Gasteiger partial charge < -0.3 is 16.3 Å². The minimum absolute atomic E-state index is 0.0189. The molecule has 128 valence electrons. The summed E-state index contributed by atoms with van der Waals surface area (Å²) in [7, 11) is -3.85. The predicted molar refractivity (Wildman–Crippen MR) is 81.9 cm³/mol. The third kappa shape index (κ3) is 4.27. The average molecular weight is 354 g/mol. The molecule has 11 nitrogen and oxygen atoms in total. The van der Waals surface area contributed by atoms with Crippen LogP contribution < -0.4 is 16.2 Å². The summed E-state index contributed by atoms with van der Waals surface area (Å²) in [6.07, 6.45) is 0. The van der Waals surface area contributed by atoms with Gasteiger partial charge in [-0.2, -0.15) is 4.72 Å². The lowest BCUT2D eigenvalue weighted by atomic mass is 10.2. The zero-order valence-electron chi connectivity index (χ0n) is 12.5. The molecule has 12 heteroatoms. The molecule has 0 aliphatic rings. The molecular formula is C12H14N6O5S. The van der Waals surface area contributed by atoms with Gasteiger partial charge in [0, 0.05) is 0 Å². The number of carbonyl (C=O) groups is 1. The highest BCUT2D eigenvalue weighted by Crippen LogP contribution is 2.09. The lowest BCUT2D eigenvalue weighted by Crippen LogP contribution is -2.30. The Morgan fingerprint density at radius 2 is 2.00 bits per heavy atom. The maximum atomic E-state index is 12.0. The van der Waals surface area contributed by atoms with Crippen molar-refractivity contribution in [2.45, 2.75) is 11.8 Å². The van der Waals surface area contributed by atoms with Crippen LogP contribution in [0.25, 0.3) is 0 Å². The van der Waals surface area contributed by atoms with Crippen molar-refractivity contribution in [3.05, 3.63) is 35.5 Å². The minimum Gasteiger partial charge on any atom is -0.379 e. The number of hydrogen-bond acceptors (Lipinski definition) is 9. The lowest BCUT2D eigenvalue weighted by Gasteiger charge is -2.05. The van der Waals surface area contributed by atoms with Gasteiger partial charge in [0.1, 0.15) is 6.54 Å². The number of oxime groups is 1. The molecule has 2 aromatic rings. The molecule has 0 aliphatic heterocycles. The number of hydrogen-bond donors (Lipinski definition) is 3. The van der Waals surface area contributed by atoms with Crippen LogP contribution >= 0.6 is 0 Å². The van der Waals surface area contributed by atoms with E-state index in [1.165, 1.54) is 12.1 Å². The molecule has 0 amide bonds. The van der Waals surface area contributed by atoms with Gasteiger partial charge in [-0.3, -0.25) is 0 Å². The molecule has 24 heavy (non-hydrogen) atoms. The number of benzene rings is 1. The van der Waals surface area contributed by atoms with E-state index in [1.54, 1.807) is 12.1 Å². The molecule has 0 aliphatic carbocycles. The van der Waals surface area contributed by atoms with Crippen molar-refractivity contribution in [3.8, 4) is 0 Å². The van der Waals surface area contributed by atoms with Crippen molar-refractivity contribution in [2.24, 2.45) is 10.9 Å². The summed E-state index contributed by atoms with van der Waals surface area (Å²) in [5, 5.41) is 9.91. The summed E-state index contributed by atoms with van der Waals surface area (Å²) in [6.45, 7) is 1.18. The number of nitrogens with zero attached hydrogens (tertiary/aromatic N) is 3. The molecule has 1 aromatic carbocycles. The highest BCUT2D eigenvalue weighted by Gasteiger charge is 2.17. The molecule has 1 aromatic heterocycles. The van der Waals surface area contributed by atoms with Gasteiger partial charge in [-0.25, -0.2) is 17.8 Å². The highest BCUT2D eigenvalue weighted by atomic mass is 32.2. The van der Waals surface area contributed by atoms with Crippen molar-refractivity contribution < 1.29 is 22.7 Å². The van der Waals surface area contributed by atoms with Gasteiger partial charge >= 0.3 is 5.97 Å². The molecular weight excluding hydrogens is 340 g/mol. The van der Waals surface area contributed by atoms with E-state index in [1.807, 2.05) is 6.92 Å². The van der Waals surface area contributed by atoms with Crippen molar-refractivity contribution in [1.82, 2.24) is 15.0 Å². The molecule has 0 bridgehead atoms. The summed E-state index contributed by atoms with van der Waals surface area (Å²) in [6, 6.07) is 6.10. The van der Waals surface area contributed by atoms with Gasteiger partial charge in [-0.1, -0.05) is 22.9 Å². The maximum absolute atomic E-state index is 12.0. The van der Waals surface area contributed by atoms with Gasteiger partial charge in [0.05, 0.1) is 4.90 Å². The maximum Gasteiger partial charge on any atom is 0.349 e. The number of nitrogens with two attached hydrogens (primary N) is 2. The number of rotatable bonds is 6. The first-order valence-electron chi connectivity index (χ1n) is 6.47. The highest BCUT2D eigenvalue weighted by molar-refractivity contribution is 7.89. The standard InChI is InChI=1S/C12H14N6O5S/c1-7-2-4-8(5-3-7)24(20,21)15-6-9(19)22-17-11(13)10-12(14)18-23-16-10/h2-5,15H,6H2,1H3,(H2,13,17)(H2,14,18). The van der Waals surface area contributed by atoms with Crippen LogP contribution in [0.5, 0.6) is 0 Å². The fraction of sp³-hybridized carbons (Fsp3) is 0.167. The molecule has 0 atom stereocenters. The van der Waals surface area contributed by atoms with Crippen molar-refractivity contribution in [1.29, 1.82) is 0 Å². The second-order valence-corrected chi connectivity index (χ2v) is 6.34. The first-order valence-corrected chi connectivity index (χ1v) is 7.96. The van der Waals surface area contributed by atoms with E-state index in [-0.39, 0.29) is 22.2 Å². The molecule has 2 rings (SSSR count). The molecule has 0 spiro atoms. The van der Waals surface area contributed by atoms with Crippen LogP contribution in [0.3, 0.4) is 0 Å². The van der Waals surface area contributed by atoms with Crippen LogP contribution in [0.1, 0.15) is 11.3 Å². The van der Waals surface area contributed by atoms with Gasteiger partial charge in [0.2, 0.25) is 10.0 Å². The number of sulfonamides is 1. The Morgan fingerprint density at radius 3 is 2.58 bits per heavy atom. The van der Waals surface area contributed by atoms with E-state index in [9.17, 15) is 13.2 Å². The Labute approximate surface area is 136 Å². The second-order valence-electron chi connectivity index (χ2n) is 4.58. The monoisotopic (exact) mass is 354 g/mol. The van der Waals surface area contributed by atoms with Crippen molar-refractivity contribution in [2.75, 3.05) is 12.3 Å². The normalized spacial score (nSPS) is 12.1. The van der Waals surface area contributed by atoms with Crippen molar-refractivity contribution in [3.63, 3.8) is 0 Å². The fourth-order valence-electron chi connectivity index (χ4n) is 1.50. The van der Waals surface area contributed by atoms with Crippen LogP contribution in [0.2, 0.25) is 0 Å². The van der Waals surface area contributed by atoms with Crippen LogP contribution in [0.4, 0.5) is 5.82 Å². The van der Waals surface area contributed by atoms with Crippen molar-refractivity contribution >= 4 is 27.6 Å². The van der Waals surface area contributed by atoms with Crippen LogP contribution in [0.15, 0.2) is 38.9 Å². The third-order valence-corrected chi connectivity index (χ3v) is 4.16. The number of nitrogens with one attached hydrogen (secondary N) is 1. The van der Waals surface area contributed by atoms with E-state index in [2.05, 4.69) is 29.7 Å².